The highest BCUT2D eigenvalue weighted by Crippen LogP contribution is 2.48. The molecular formula is C81H65F3N4. The van der Waals surface area contributed by atoms with E-state index >= 15 is 13.2 Å². The summed E-state index contributed by atoms with van der Waals surface area (Å²) in [5, 5.41) is 25.0. The highest BCUT2D eigenvalue weighted by molar-refractivity contribution is 6.14. The molecule has 0 N–H and O–H groups in total. The summed E-state index contributed by atoms with van der Waals surface area (Å²) in [5.41, 5.74) is 28.7. The second-order valence-electron chi connectivity index (χ2n) is 24.6. The van der Waals surface area contributed by atoms with Crippen molar-refractivity contribution in [2.45, 2.75) is 89.3 Å². The number of rotatable bonds is 8. The number of nitriles is 2. The molecule has 0 spiro atoms. The first kappa shape index (κ1) is 56.9. The highest BCUT2D eigenvalue weighted by atomic mass is 19.4. The van der Waals surface area contributed by atoms with Crippen molar-refractivity contribution in [1.82, 2.24) is 9.13 Å². The Hall–Kier alpha value is -10.2. The first-order chi connectivity index (χ1) is 42.1. The fourth-order valence-electron chi connectivity index (χ4n) is 15.0. The molecule has 11 aromatic carbocycles. The summed E-state index contributed by atoms with van der Waals surface area (Å²) in [5.74, 6) is 0. The van der Waals surface area contributed by atoms with Crippen molar-refractivity contribution >= 4 is 43.6 Å². The zero-order valence-corrected chi connectivity index (χ0v) is 51.7. The van der Waals surface area contributed by atoms with E-state index in [2.05, 4.69) is 220 Å². The van der Waals surface area contributed by atoms with Gasteiger partial charge in [-0.2, -0.15) is 23.7 Å². The lowest BCUT2D eigenvalue weighted by Crippen LogP contribution is -2.08. The van der Waals surface area contributed by atoms with Crippen LogP contribution in [0.1, 0.15) is 83.5 Å². The van der Waals surface area contributed by atoms with E-state index in [0.29, 0.717) is 33.6 Å². The van der Waals surface area contributed by atoms with Gasteiger partial charge in [-0.1, -0.05) is 107 Å². The first-order valence-electron chi connectivity index (χ1n) is 29.9. The van der Waals surface area contributed by atoms with Crippen LogP contribution in [0.15, 0.2) is 176 Å². The Bertz CT molecular complexity index is 4920. The molecule has 0 aliphatic rings. The minimum Gasteiger partial charge on any atom is -0.309 e. The average Bonchev–Trinajstić information content (AvgIpc) is 1.59. The van der Waals surface area contributed by atoms with E-state index in [1.165, 1.54) is 90.0 Å². The minimum atomic E-state index is -4.83. The van der Waals surface area contributed by atoms with Crippen molar-refractivity contribution < 1.29 is 13.2 Å². The molecule has 0 atom stereocenters. The average molecular weight is 1150 g/mol. The smallest absolute Gasteiger partial charge is 0.309 e. The molecule has 0 bridgehead atoms. The zero-order chi connectivity index (χ0) is 61.9. The van der Waals surface area contributed by atoms with Crippen molar-refractivity contribution in [3.05, 3.63) is 259 Å². The molecule has 0 amide bonds. The van der Waals surface area contributed by atoms with Gasteiger partial charge < -0.3 is 9.13 Å². The lowest BCUT2D eigenvalue weighted by Gasteiger charge is -2.21. The third-order valence-electron chi connectivity index (χ3n) is 18.1. The van der Waals surface area contributed by atoms with E-state index in [1.54, 1.807) is 12.1 Å². The second-order valence-corrected chi connectivity index (χ2v) is 24.6. The molecule has 0 saturated carbocycles. The van der Waals surface area contributed by atoms with Gasteiger partial charge in [0.15, 0.2) is 0 Å². The summed E-state index contributed by atoms with van der Waals surface area (Å²) >= 11 is 0. The fourth-order valence-corrected chi connectivity index (χ4v) is 15.0. The normalized spacial score (nSPS) is 11.8. The Morgan fingerprint density at radius 3 is 0.989 bits per heavy atom. The molecule has 430 valence electrons. The number of nitrogens with zero attached hydrogens (tertiary/aromatic N) is 4. The van der Waals surface area contributed by atoms with E-state index < -0.39 is 11.7 Å². The maximum Gasteiger partial charge on any atom is 0.417 e. The SMILES string of the molecule is Cc1cc(C)c(-c2ccc3c(c2)c2cc(-c4c(C)cc(C)cc4C)ccc2n3-c2ccc(-c3ccc(C#N)cc3C(F)(F)F)c(-c3cc(C#N)ccc3-n3c4ccc(-c5c(C)cc(C)cc5C)cc4c4cc(-c5c(C)cc(C)cc5C)ccc43)c2)c(C)c1. The number of fused-ring (bicyclic) bond motifs is 6. The monoisotopic (exact) mass is 1150 g/mol. The second kappa shape index (κ2) is 21.3. The number of benzene rings is 11. The van der Waals surface area contributed by atoms with E-state index in [1.807, 2.05) is 30.3 Å². The van der Waals surface area contributed by atoms with Gasteiger partial charge in [-0.25, -0.2) is 0 Å². The summed E-state index contributed by atoms with van der Waals surface area (Å²) in [7, 11) is 0. The van der Waals surface area contributed by atoms with Crippen LogP contribution in [0.4, 0.5) is 13.2 Å². The molecule has 7 heteroatoms. The van der Waals surface area contributed by atoms with Gasteiger partial charge in [0, 0.05) is 32.8 Å². The minimum absolute atomic E-state index is 0.0882. The number of alkyl halides is 3. The zero-order valence-electron chi connectivity index (χ0n) is 51.7. The maximum absolute atomic E-state index is 15.7. The van der Waals surface area contributed by atoms with Crippen LogP contribution in [0.5, 0.6) is 0 Å². The van der Waals surface area contributed by atoms with Crippen molar-refractivity contribution in [2.24, 2.45) is 0 Å². The molecule has 0 fully saturated rings. The van der Waals surface area contributed by atoms with Crippen molar-refractivity contribution in [1.29, 1.82) is 10.5 Å². The summed E-state index contributed by atoms with van der Waals surface area (Å²) in [6.07, 6.45) is -4.83. The van der Waals surface area contributed by atoms with Gasteiger partial charge in [0.25, 0.3) is 0 Å². The van der Waals surface area contributed by atoms with E-state index in [-0.39, 0.29) is 11.1 Å². The van der Waals surface area contributed by atoms with Gasteiger partial charge >= 0.3 is 6.18 Å². The van der Waals surface area contributed by atoms with Gasteiger partial charge in [-0.3, -0.25) is 0 Å². The van der Waals surface area contributed by atoms with E-state index in [0.717, 1.165) is 83.1 Å². The number of aromatic nitrogens is 2. The molecule has 13 rings (SSSR count). The van der Waals surface area contributed by atoms with Gasteiger partial charge in [-0.05, 0) is 280 Å². The van der Waals surface area contributed by atoms with Crippen molar-refractivity contribution in [2.75, 3.05) is 0 Å². The number of hydrogen-bond donors (Lipinski definition) is 0. The lowest BCUT2D eigenvalue weighted by molar-refractivity contribution is -0.137. The predicted molar refractivity (Wildman–Crippen MR) is 359 cm³/mol. The molecule has 0 saturated heterocycles. The van der Waals surface area contributed by atoms with Crippen molar-refractivity contribution in [3.63, 3.8) is 0 Å². The van der Waals surface area contributed by atoms with Crippen LogP contribution in [0.3, 0.4) is 0 Å². The van der Waals surface area contributed by atoms with Crippen LogP contribution in [0, 0.1) is 106 Å². The van der Waals surface area contributed by atoms with Gasteiger partial charge in [0.1, 0.15) is 0 Å². The molecule has 13 aromatic rings. The number of halogens is 3. The van der Waals surface area contributed by atoms with Crippen LogP contribution < -0.4 is 0 Å². The van der Waals surface area contributed by atoms with E-state index in [4.69, 9.17) is 0 Å². The molecule has 0 aliphatic heterocycles. The molecule has 2 heterocycles. The molecule has 88 heavy (non-hydrogen) atoms. The van der Waals surface area contributed by atoms with Gasteiger partial charge in [-0.15, -0.1) is 0 Å². The Labute approximate surface area is 512 Å². The van der Waals surface area contributed by atoms with Gasteiger partial charge in [0.2, 0.25) is 0 Å². The Morgan fingerprint density at radius 2 is 0.636 bits per heavy atom. The topological polar surface area (TPSA) is 57.4 Å². The fraction of sp³-hybridized carbons (Fsp3) is 0.160. The standard InChI is InChI=1S/C81H65F3N4/c1-44-27-48(5)77(49(6)28-44)58-15-23-72-67(37-58)68-38-59(78-50(7)29-45(2)30-51(78)8)16-24-73(68)87(72)62-19-21-63(64-20-13-57(43-86)36-71(64)81(82,83)84)65(41-62)66-35-56(42-85)14-22-74(66)88-75-25-17-60(79-52(9)31-46(3)32-53(79)10)39-69(75)70-40-61(18-26-76(70)88)80-54(11)33-47(4)34-55(80)12/h13-41H,1-12H3. The Balaban J connectivity index is 1.13. The maximum atomic E-state index is 15.7. The third kappa shape index (κ3) is 9.54. The summed E-state index contributed by atoms with van der Waals surface area (Å²) in [6, 6.07) is 63.6. The third-order valence-corrected chi connectivity index (χ3v) is 18.1. The lowest BCUT2D eigenvalue weighted by atomic mass is 9.89. The molecule has 2 aromatic heterocycles. The Morgan fingerprint density at radius 1 is 0.307 bits per heavy atom. The Kier molecular flexibility index (Phi) is 13.8. The summed E-state index contributed by atoms with van der Waals surface area (Å²) in [4.78, 5) is 0. The van der Waals surface area contributed by atoms with Crippen LogP contribution in [0.2, 0.25) is 0 Å². The quantitative estimate of drug-likeness (QED) is 0.152. The van der Waals surface area contributed by atoms with Gasteiger partial charge in [0.05, 0.1) is 56.6 Å². The number of aryl methyl sites for hydroxylation is 12. The predicted octanol–water partition coefficient (Wildman–Crippen LogP) is 22.3. The van der Waals surface area contributed by atoms with Crippen LogP contribution in [-0.4, -0.2) is 9.13 Å². The molecule has 4 nitrogen and oxygen atoms in total. The number of hydrogen-bond acceptors (Lipinski definition) is 2. The van der Waals surface area contributed by atoms with E-state index in [9.17, 15) is 10.5 Å². The summed E-state index contributed by atoms with van der Waals surface area (Å²) < 4.78 is 51.7. The van der Waals surface area contributed by atoms with Crippen LogP contribution in [0.25, 0.3) is 122 Å². The summed E-state index contributed by atoms with van der Waals surface area (Å²) in [6.45, 7) is 25.8. The molecular weight excluding hydrogens is 1090 g/mol. The van der Waals surface area contributed by atoms with Crippen LogP contribution in [-0.2, 0) is 6.18 Å². The molecule has 0 unspecified atom stereocenters. The molecule has 0 radical (unpaired) electrons. The van der Waals surface area contributed by atoms with Crippen molar-refractivity contribution in [3.8, 4) is 90.3 Å². The van der Waals surface area contributed by atoms with Crippen LogP contribution >= 0.6 is 0 Å². The first-order valence-corrected chi connectivity index (χ1v) is 29.9. The molecule has 0 aliphatic carbocycles. The largest absolute Gasteiger partial charge is 0.417 e. The highest BCUT2D eigenvalue weighted by Gasteiger charge is 2.35.